The van der Waals surface area contributed by atoms with Gasteiger partial charge in [-0.15, -0.1) is 0 Å². The third-order valence-corrected chi connectivity index (χ3v) is 26.0. The highest BCUT2D eigenvalue weighted by Crippen LogP contribution is 2.41. The summed E-state index contributed by atoms with van der Waals surface area (Å²) < 4.78 is 25.5. The molecule has 0 spiro atoms. The van der Waals surface area contributed by atoms with Crippen LogP contribution >= 0.6 is 0 Å². The van der Waals surface area contributed by atoms with Crippen molar-refractivity contribution < 1.29 is 37.5 Å². The van der Waals surface area contributed by atoms with Crippen molar-refractivity contribution in [3.8, 4) is 23.7 Å². The number of carbonyl (C=O) groups excluding carboxylic acids is 3. The van der Waals surface area contributed by atoms with E-state index in [9.17, 15) is 14.4 Å². The van der Waals surface area contributed by atoms with Gasteiger partial charge in [-0.1, -0.05) is 208 Å². The number of benzene rings is 4. The maximum atomic E-state index is 13.4. The fourth-order valence-corrected chi connectivity index (χ4v) is 21.4. The topological polar surface area (TPSA) is 110 Å². The van der Waals surface area contributed by atoms with Crippen LogP contribution in [0.1, 0.15) is 175 Å². The van der Waals surface area contributed by atoms with Crippen LogP contribution in [-0.2, 0) is 37.5 Å². The Balaban J connectivity index is 0.000000308. The molecule has 0 N–H and O–H groups in total. The second-order valence-corrected chi connectivity index (χ2v) is 37.1. The van der Waals surface area contributed by atoms with Crippen LogP contribution in [0.5, 0.6) is 0 Å². The molecule has 2 atom stereocenters. The Kier molecular flexibility index (Phi) is 25.7. The fraction of sp³-hybridized carbons (Fsp3) is 0.562. The van der Waals surface area contributed by atoms with Gasteiger partial charge >= 0.3 is 11.9 Å². The minimum absolute atomic E-state index is 0.00946. The average Bonchev–Trinajstić information content (AvgIpc) is 1.28. The Labute approximate surface area is 509 Å². The maximum absolute atomic E-state index is 13.4. The second kappa shape index (κ2) is 31.2. The van der Waals surface area contributed by atoms with Crippen LogP contribution in [0.4, 0.5) is 0 Å². The minimum Gasteiger partial charge on any atom is -0.460 e. The molecule has 2 saturated carbocycles. The Morgan fingerprint density at radius 1 is 0.500 bits per heavy atom. The van der Waals surface area contributed by atoms with E-state index in [2.05, 4.69) is 195 Å². The van der Waals surface area contributed by atoms with Gasteiger partial charge in [-0.3, -0.25) is 14.4 Å². The highest BCUT2D eigenvalue weighted by molar-refractivity contribution is 7.00. The third-order valence-electron chi connectivity index (χ3n) is 15.9. The molecule has 2 aliphatic carbocycles. The molecule has 0 saturated heterocycles. The summed E-state index contributed by atoms with van der Waals surface area (Å²) in [6.07, 6.45) is 8.00. The first-order valence-corrected chi connectivity index (χ1v) is 34.9. The van der Waals surface area contributed by atoms with Gasteiger partial charge < -0.3 is 23.2 Å². The molecule has 4 aromatic rings. The summed E-state index contributed by atoms with van der Waals surface area (Å²) in [5.41, 5.74) is -0.597. The van der Waals surface area contributed by atoms with Crippen LogP contribution in [0, 0.1) is 71.0 Å². The zero-order valence-electron chi connectivity index (χ0n) is 54.4. The van der Waals surface area contributed by atoms with Gasteiger partial charge in [-0.2, -0.15) is 0 Å². The number of hydrogen-bond acceptors (Lipinski definition) is 9. The number of oxime groups is 1. The van der Waals surface area contributed by atoms with Gasteiger partial charge in [0, 0.05) is 36.9 Å². The summed E-state index contributed by atoms with van der Waals surface area (Å²) in [6, 6.07) is 42.1. The molecular weight excluding hydrogens is 1070 g/mol. The predicted molar refractivity (Wildman–Crippen MR) is 351 cm³/mol. The number of carbonyl (C=O) groups is 3. The molecule has 456 valence electrons. The molecule has 0 bridgehead atoms. The van der Waals surface area contributed by atoms with E-state index in [-0.39, 0.29) is 52.5 Å². The van der Waals surface area contributed by atoms with Gasteiger partial charge in [0.05, 0.1) is 12.8 Å². The van der Waals surface area contributed by atoms with E-state index in [1.54, 1.807) is 0 Å². The van der Waals surface area contributed by atoms with Crippen molar-refractivity contribution in [1.29, 1.82) is 0 Å². The standard InChI is InChI=1S/C37H53NO4Si.C36H50O4Si/c1-28(2)24-30-25-29(26-30)20-21-34(38-40-9)31(27-35(39)42-36(3,4)5)22-23-41-43(37(6,7)8,32-16-12-10-13-17-32)33-18-14-11-15-19-33;1-27(2)23-29-24-28(25-29)19-20-33(37)30(26-34(38)40-35(3,4)5)21-22-39-41(36(6,7)8,31-15-11-9-12-16-31)32-17-13-10-14-18-32/h10-19,28-31H,22-27H2,1-9H3;9-18,27-30H,21-26H2,1-8H3/b38-34+;. The Bertz CT molecular complexity index is 2750. The zero-order chi connectivity index (χ0) is 61.9. The number of nitrogens with zero attached hydrogens (tertiary/aromatic N) is 1. The number of ether oxygens (including phenoxy) is 2. The lowest BCUT2D eigenvalue weighted by Gasteiger charge is -2.43. The smallest absolute Gasteiger partial charge is 0.307 e. The molecule has 9 nitrogen and oxygen atoms in total. The summed E-state index contributed by atoms with van der Waals surface area (Å²) in [5, 5.41) is 8.86. The van der Waals surface area contributed by atoms with E-state index in [1.807, 2.05) is 65.8 Å². The summed E-state index contributed by atoms with van der Waals surface area (Å²) >= 11 is 0. The fourth-order valence-electron chi connectivity index (χ4n) is 12.2. The molecule has 2 aliphatic rings. The van der Waals surface area contributed by atoms with Crippen molar-refractivity contribution in [2.24, 2.45) is 52.5 Å². The van der Waals surface area contributed by atoms with E-state index in [0.717, 1.165) is 31.6 Å². The van der Waals surface area contributed by atoms with Gasteiger partial charge in [-0.25, -0.2) is 0 Å². The molecule has 0 aromatic heterocycles. The van der Waals surface area contributed by atoms with Gasteiger partial charge in [0.25, 0.3) is 16.6 Å². The zero-order valence-corrected chi connectivity index (χ0v) is 56.4. The van der Waals surface area contributed by atoms with Crippen LogP contribution in [0.3, 0.4) is 0 Å². The van der Waals surface area contributed by atoms with Crippen LogP contribution < -0.4 is 20.7 Å². The molecule has 0 heterocycles. The molecule has 84 heavy (non-hydrogen) atoms. The van der Waals surface area contributed by atoms with Gasteiger partial charge in [-0.05, 0) is 159 Å². The van der Waals surface area contributed by atoms with Gasteiger partial charge in [0.15, 0.2) is 0 Å². The Morgan fingerprint density at radius 3 is 1.13 bits per heavy atom. The third kappa shape index (κ3) is 20.6. The lowest BCUT2D eigenvalue weighted by atomic mass is 9.71. The van der Waals surface area contributed by atoms with Crippen LogP contribution in [-0.4, -0.2) is 71.6 Å². The van der Waals surface area contributed by atoms with E-state index >= 15 is 0 Å². The quantitative estimate of drug-likeness (QED) is 0.0180. The number of Topliss-reactive ketones (excluding diaryl/α,β-unsaturated/α-hetero) is 1. The minimum atomic E-state index is -2.75. The van der Waals surface area contributed by atoms with Crippen LogP contribution in [0.2, 0.25) is 10.1 Å². The molecule has 4 aromatic carbocycles. The summed E-state index contributed by atoms with van der Waals surface area (Å²) in [7, 11) is -3.94. The summed E-state index contributed by atoms with van der Waals surface area (Å²) in [4.78, 5) is 44.6. The first-order valence-electron chi connectivity index (χ1n) is 31.1. The normalized spacial score (nSPS) is 18.2. The van der Waals surface area contributed by atoms with Crippen LogP contribution in [0.25, 0.3) is 0 Å². The molecule has 11 heteroatoms. The van der Waals surface area contributed by atoms with Crippen molar-refractivity contribution >= 4 is 60.8 Å². The molecule has 0 amide bonds. The summed E-state index contributed by atoms with van der Waals surface area (Å²) in [6.45, 7) is 34.6. The number of rotatable bonds is 23. The Morgan fingerprint density at radius 2 is 0.821 bits per heavy atom. The summed E-state index contributed by atoms with van der Waals surface area (Å²) in [5.74, 6) is 14.7. The second-order valence-electron chi connectivity index (χ2n) is 28.5. The van der Waals surface area contributed by atoms with Crippen molar-refractivity contribution in [2.45, 2.75) is 196 Å². The monoisotopic (exact) mass is 1180 g/mol. The number of ketones is 1. The predicted octanol–water partition coefficient (Wildman–Crippen LogP) is 14.3. The number of esters is 2. The largest absolute Gasteiger partial charge is 0.460 e. The molecule has 2 fully saturated rings. The molecule has 2 unspecified atom stereocenters. The van der Waals surface area contributed by atoms with Crippen molar-refractivity contribution in [2.75, 3.05) is 20.3 Å². The van der Waals surface area contributed by atoms with Crippen molar-refractivity contribution in [3.05, 3.63) is 121 Å². The highest BCUT2D eigenvalue weighted by atomic mass is 28.4. The lowest BCUT2D eigenvalue weighted by Crippen LogP contribution is -2.66. The van der Waals surface area contributed by atoms with Gasteiger partial charge in [0.2, 0.25) is 5.78 Å². The average molecular weight is 1180 g/mol. The van der Waals surface area contributed by atoms with E-state index < -0.39 is 33.8 Å². The van der Waals surface area contributed by atoms with Gasteiger partial charge in [0.1, 0.15) is 24.0 Å². The lowest BCUT2D eigenvalue weighted by molar-refractivity contribution is -0.157. The first kappa shape index (κ1) is 69.2. The highest BCUT2D eigenvalue weighted by Gasteiger charge is 2.51. The number of hydrogen-bond donors (Lipinski definition) is 0. The molecule has 0 aliphatic heterocycles. The van der Waals surface area contributed by atoms with E-state index in [1.165, 1.54) is 40.7 Å². The first-order chi connectivity index (χ1) is 39.5. The van der Waals surface area contributed by atoms with Crippen molar-refractivity contribution in [1.82, 2.24) is 0 Å². The molecule has 6 rings (SSSR count). The molecule has 0 radical (unpaired) electrons. The van der Waals surface area contributed by atoms with E-state index in [0.29, 0.717) is 55.4 Å². The van der Waals surface area contributed by atoms with Crippen LogP contribution in [0.15, 0.2) is 126 Å². The SMILES string of the molecule is CC(C)CC1CC(C#CC(=O)C(CCO[Si](c2ccccc2)(c2ccccc2)C(C)(C)C)CC(=O)OC(C)(C)C)C1.CO/N=C(\C#CC1CC(CC(C)C)C1)C(CCO[Si](c1ccccc1)(c1ccccc1)C(C)(C)C)CC(=O)OC(C)(C)C. The maximum Gasteiger partial charge on any atom is 0.307 e. The molecular formula is C73H103NO8Si2. The Hall–Kier alpha value is -5.57. The van der Waals surface area contributed by atoms with Crippen molar-refractivity contribution in [3.63, 3.8) is 0 Å². The van der Waals surface area contributed by atoms with E-state index in [4.69, 9.17) is 23.2 Å².